The van der Waals surface area contributed by atoms with Crippen molar-refractivity contribution in [3.8, 4) is 0 Å². The van der Waals surface area contributed by atoms with E-state index in [4.69, 9.17) is 17.3 Å². The summed E-state index contributed by atoms with van der Waals surface area (Å²) in [4.78, 5) is 32.6. The van der Waals surface area contributed by atoms with E-state index in [1.165, 1.54) is 0 Å². The third-order valence-electron chi connectivity index (χ3n) is 1.87. The molecular formula is C10H7NO5. The molecule has 0 saturated heterocycles. The minimum Gasteiger partial charge on any atom is -0.478 e. The van der Waals surface area contributed by atoms with Crippen molar-refractivity contribution in [2.45, 2.75) is 0 Å². The number of benzene rings is 1. The molecule has 1 aromatic carbocycles. The number of carboxylic acid groups (broad SMARTS) is 2. The Morgan fingerprint density at radius 1 is 1.06 bits per heavy atom. The number of carboxylic acids is 2. The molecule has 6 heteroatoms. The lowest BCUT2D eigenvalue weighted by atomic mass is 10.0. The van der Waals surface area contributed by atoms with Crippen LogP contribution in [0.2, 0.25) is 0 Å². The van der Waals surface area contributed by atoms with Crippen LogP contribution in [0, 0.1) is 7.05 Å². The van der Waals surface area contributed by atoms with E-state index in [0.717, 1.165) is 18.2 Å². The highest BCUT2D eigenvalue weighted by molar-refractivity contribution is 6.06. The lowest BCUT2D eigenvalue weighted by molar-refractivity contribution is 0.0678. The highest BCUT2D eigenvalue weighted by atomic mass is 16.4. The number of hydrogen-bond acceptors (Lipinski definition) is 3. The van der Waals surface area contributed by atoms with Gasteiger partial charge in [-0.1, -0.05) is 0 Å². The van der Waals surface area contributed by atoms with Crippen molar-refractivity contribution in [1.82, 2.24) is 5.32 Å². The second kappa shape index (κ2) is 4.43. The molecule has 1 amide bonds. The monoisotopic (exact) mass is 221 g/mol. The van der Waals surface area contributed by atoms with Crippen LogP contribution in [0.15, 0.2) is 18.2 Å². The van der Waals surface area contributed by atoms with Crippen LogP contribution in [0.4, 0.5) is 0 Å². The Morgan fingerprint density at radius 3 is 2.12 bits per heavy atom. The molecule has 0 aromatic heterocycles. The van der Waals surface area contributed by atoms with Gasteiger partial charge in [-0.3, -0.25) is 4.79 Å². The molecule has 0 atom stereocenters. The zero-order valence-electron chi connectivity index (χ0n) is 7.93. The molecule has 2 radical (unpaired) electrons. The fourth-order valence-electron chi connectivity index (χ4n) is 1.13. The van der Waals surface area contributed by atoms with Crippen molar-refractivity contribution in [3.63, 3.8) is 0 Å². The van der Waals surface area contributed by atoms with Crippen LogP contribution >= 0.6 is 0 Å². The van der Waals surface area contributed by atoms with Gasteiger partial charge in [0.2, 0.25) is 0 Å². The maximum Gasteiger partial charge on any atom is 0.336 e. The maximum atomic E-state index is 11.2. The van der Waals surface area contributed by atoms with E-state index in [9.17, 15) is 14.4 Å². The summed E-state index contributed by atoms with van der Waals surface area (Å²) < 4.78 is 0. The molecule has 0 aliphatic rings. The third-order valence-corrected chi connectivity index (χ3v) is 1.87. The van der Waals surface area contributed by atoms with Gasteiger partial charge >= 0.3 is 11.9 Å². The molecule has 0 heterocycles. The van der Waals surface area contributed by atoms with Crippen LogP contribution in [0.5, 0.6) is 0 Å². The largest absolute Gasteiger partial charge is 0.478 e. The molecule has 0 spiro atoms. The van der Waals surface area contributed by atoms with Crippen molar-refractivity contribution in [2.24, 2.45) is 0 Å². The van der Waals surface area contributed by atoms with Crippen molar-refractivity contribution in [1.29, 1.82) is 0 Å². The minimum absolute atomic E-state index is 0.191. The number of nitrogens with one attached hydrogen (secondary N) is 1. The summed E-state index contributed by atoms with van der Waals surface area (Å²) in [5.74, 6) is -3.46. The summed E-state index contributed by atoms with van der Waals surface area (Å²) in [6, 6.07) is 3.09. The molecule has 16 heavy (non-hydrogen) atoms. The molecule has 0 aliphatic carbocycles. The van der Waals surface area contributed by atoms with Gasteiger partial charge in [-0.05, 0) is 18.2 Å². The van der Waals surface area contributed by atoms with E-state index in [1.807, 2.05) is 0 Å². The van der Waals surface area contributed by atoms with Crippen molar-refractivity contribution in [2.75, 3.05) is 0 Å². The van der Waals surface area contributed by atoms with E-state index in [1.54, 1.807) is 5.32 Å². The van der Waals surface area contributed by atoms with E-state index >= 15 is 0 Å². The van der Waals surface area contributed by atoms with Gasteiger partial charge in [-0.15, -0.1) is 0 Å². The first kappa shape index (κ1) is 11.7. The molecular weight excluding hydrogens is 214 g/mol. The Labute approximate surface area is 90.5 Å². The molecule has 1 rings (SSSR count). The van der Waals surface area contributed by atoms with Gasteiger partial charge < -0.3 is 15.5 Å². The Balaban J connectivity index is 3.38. The number of rotatable bonds is 3. The van der Waals surface area contributed by atoms with Crippen molar-refractivity contribution >= 4 is 17.8 Å². The predicted molar refractivity (Wildman–Crippen MR) is 52.1 cm³/mol. The lowest BCUT2D eigenvalue weighted by Gasteiger charge is -2.05. The van der Waals surface area contributed by atoms with Gasteiger partial charge in [0.25, 0.3) is 5.91 Å². The predicted octanol–water partition coefficient (Wildman–Crippen LogP) is 0.481. The fraction of sp³-hybridized carbons (Fsp3) is 0. The van der Waals surface area contributed by atoms with Gasteiger partial charge in [0.1, 0.15) is 0 Å². The van der Waals surface area contributed by atoms with Crippen LogP contribution in [-0.2, 0) is 0 Å². The maximum absolute atomic E-state index is 11.2. The fourth-order valence-corrected chi connectivity index (χ4v) is 1.13. The van der Waals surface area contributed by atoms with Crippen LogP contribution < -0.4 is 5.32 Å². The first-order valence-corrected chi connectivity index (χ1v) is 4.09. The number of amides is 1. The van der Waals surface area contributed by atoms with E-state index in [-0.39, 0.29) is 16.7 Å². The zero-order valence-corrected chi connectivity index (χ0v) is 7.93. The van der Waals surface area contributed by atoms with Gasteiger partial charge in [-0.25, -0.2) is 9.59 Å². The van der Waals surface area contributed by atoms with E-state index in [2.05, 4.69) is 0 Å². The zero-order chi connectivity index (χ0) is 12.3. The average Bonchev–Trinajstić information content (AvgIpc) is 2.26. The summed E-state index contributed by atoms with van der Waals surface area (Å²) in [6.07, 6.45) is 0. The highest BCUT2D eigenvalue weighted by Gasteiger charge is 2.17. The summed E-state index contributed by atoms with van der Waals surface area (Å²) in [5.41, 5.74) is -0.800. The summed E-state index contributed by atoms with van der Waals surface area (Å²) in [6.45, 7) is 0. The molecule has 0 fully saturated rings. The van der Waals surface area contributed by atoms with Crippen LogP contribution in [-0.4, -0.2) is 28.1 Å². The topological polar surface area (TPSA) is 104 Å². The highest BCUT2D eigenvalue weighted by Crippen LogP contribution is 2.12. The summed E-state index contributed by atoms with van der Waals surface area (Å²) in [5, 5.41) is 19.2. The molecule has 0 saturated carbocycles. The first-order valence-electron chi connectivity index (χ1n) is 4.09. The molecule has 82 valence electrons. The van der Waals surface area contributed by atoms with Gasteiger partial charge in [0, 0.05) is 0 Å². The summed E-state index contributed by atoms with van der Waals surface area (Å²) in [7, 11) is 4.86. The van der Waals surface area contributed by atoms with Crippen molar-refractivity contribution in [3.05, 3.63) is 41.9 Å². The van der Waals surface area contributed by atoms with E-state index in [0.29, 0.717) is 0 Å². The van der Waals surface area contributed by atoms with Crippen LogP contribution in [0.25, 0.3) is 0 Å². The standard InChI is InChI=1S/C10H7NO5/c1-11-8(12)7-4-5(9(13)14)2-3-6(7)10(15)16/h1-4H,(H,11,12)(H,13,14)(H,15,16). The first-order chi connectivity index (χ1) is 7.47. The van der Waals surface area contributed by atoms with Gasteiger partial charge in [0.05, 0.1) is 23.7 Å². The van der Waals surface area contributed by atoms with Crippen molar-refractivity contribution < 1.29 is 24.6 Å². The second-order valence-electron chi connectivity index (χ2n) is 2.84. The Bertz CT molecular complexity index is 466. The number of hydrogen-bond donors (Lipinski definition) is 3. The number of carbonyl (C=O) groups excluding carboxylic acids is 1. The molecule has 0 bridgehead atoms. The minimum atomic E-state index is -1.34. The SMILES string of the molecule is [CH]NC(=O)c1cc(C(=O)O)ccc1C(=O)O. The number of carbonyl (C=O) groups is 3. The Hall–Kier alpha value is -2.37. The van der Waals surface area contributed by atoms with E-state index < -0.39 is 17.8 Å². The smallest absolute Gasteiger partial charge is 0.336 e. The summed E-state index contributed by atoms with van der Waals surface area (Å²) >= 11 is 0. The number of aromatic carboxylic acids is 2. The third kappa shape index (κ3) is 2.17. The molecule has 3 N–H and O–H groups in total. The van der Waals surface area contributed by atoms with Gasteiger partial charge in [0.15, 0.2) is 0 Å². The Morgan fingerprint density at radius 2 is 1.69 bits per heavy atom. The second-order valence-corrected chi connectivity index (χ2v) is 2.84. The quantitative estimate of drug-likeness (QED) is 0.644. The van der Waals surface area contributed by atoms with Gasteiger partial charge in [-0.2, -0.15) is 0 Å². The molecule has 0 aliphatic heterocycles. The lowest BCUT2D eigenvalue weighted by Crippen LogP contribution is -2.20. The molecule has 1 aromatic rings. The molecule has 6 nitrogen and oxygen atoms in total. The Kier molecular flexibility index (Phi) is 3.24. The normalized spacial score (nSPS) is 9.56. The average molecular weight is 221 g/mol. The van der Waals surface area contributed by atoms with Crippen LogP contribution in [0.1, 0.15) is 31.1 Å². The molecule has 0 unspecified atom stereocenters. The van der Waals surface area contributed by atoms with Crippen LogP contribution in [0.3, 0.4) is 0 Å².